The largest absolute Gasteiger partial charge is 0.357 e. The van der Waals surface area contributed by atoms with E-state index < -0.39 is 0 Å². The van der Waals surface area contributed by atoms with Gasteiger partial charge < -0.3 is 9.47 Å². The van der Waals surface area contributed by atoms with E-state index in [-0.39, 0.29) is 15.4 Å². The topological polar surface area (TPSA) is 56.5 Å². The average molecular weight is 234 g/mol. The van der Waals surface area contributed by atoms with Gasteiger partial charge in [0, 0.05) is 19.8 Å². The number of hydrogen-bond donors (Lipinski definition) is 2. The lowest BCUT2D eigenvalue weighted by Crippen LogP contribution is -2.30. The maximum Gasteiger partial charge on any atom is 0.135 e. The quantitative estimate of drug-likeness (QED) is 0.251. The maximum atomic E-state index is 5.58. The number of ether oxygens (including phenoxy) is 2. The lowest BCUT2D eigenvalue weighted by molar-refractivity contribution is -0.0834. The summed E-state index contributed by atoms with van der Waals surface area (Å²) in [6.07, 6.45) is 2.33. The Balaban J connectivity index is 3.85. The Morgan fingerprint density at radius 2 is 1.80 bits per heavy atom. The molecule has 0 aromatic carbocycles. The van der Waals surface area contributed by atoms with Gasteiger partial charge in [0.15, 0.2) is 0 Å². The zero-order valence-corrected chi connectivity index (χ0v) is 11.7. The van der Waals surface area contributed by atoms with Crippen LogP contribution in [0, 0.1) is 0 Å². The molecule has 5 heteroatoms. The van der Waals surface area contributed by atoms with Gasteiger partial charge in [-0.15, -0.1) is 0 Å². The Morgan fingerprint density at radius 1 is 1.20 bits per heavy atom. The fraction of sp³-hybridized carbons (Fsp3) is 1.00. The molecule has 0 aromatic heterocycles. The van der Waals surface area contributed by atoms with E-state index in [0.717, 1.165) is 31.7 Å². The highest BCUT2D eigenvalue weighted by Gasteiger charge is 2.16. The van der Waals surface area contributed by atoms with Gasteiger partial charge in [-0.1, -0.05) is 13.3 Å². The Morgan fingerprint density at radius 3 is 2.20 bits per heavy atom. The maximum absolute atomic E-state index is 5.58. The second-order valence-electron chi connectivity index (χ2n) is 3.59. The van der Waals surface area contributed by atoms with Crippen LogP contribution in [-0.2, 0) is 9.47 Å². The molecule has 0 spiro atoms. The van der Waals surface area contributed by atoms with Crippen molar-refractivity contribution in [3.63, 3.8) is 0 Å². The highest BCUT2D eigenvalue weighted by Crippen LogP contribution is 2.15. The standard InChI is InChI=1S/C10H26N2O2Si/c1-4-9(7-8-12-11)15-10(13-5-2)14-6-3/h9-10,12H,4-8,11,15H2,1-3H3. The minimum Gasteiger partial charge on any atom is -0.357 e. The van der Waals surface area contributed by atoms with Crippen LogP contribution in [0.25, 0.3) is 0 Å². The molecular weight excluding hydrogens is 208 g/mol. The lowest BCUT2D eigenvalue weighted by atomic mass is 10.2. The smallest absolute Gasteiger partial charge is 0.135 e. The summed E-state index contributed by atoms with van der Waals surface area (Å²) in [6, 6.07) is 0. The van der Waals surface area contributed by atoms with Crippen LogP contribution in [0.5, 0.6) is 0 Å². The van der Waals surface area contributed by atoms with Gasteiger partial charge in [0.05, 0.1) is 9.52 Å². The van der Waals surface area contributed by atoms with Crippen LogP contribution in [0.1, 0.15) is 33.6 Å². The second kappa shape index (κ2) is 10.6. The molecule has 0 rings (SSSR count). The summed E-state index contributed by atoms with van der Waals surface area (Å²) < 4.78 is 11.2. The zero-order valence-electron chi connectivity index (χ0n) is 10.3. The van der Waals surface area contributed by atoms with Gasteiger partial charge in [-0.3, -0.25) is 11.3 Å². The molecule has 0 saturated carbocycles. The molecule has 1 unspecified atom stereocenters. The summed E-state index contributed by atoms with van der Waals surface area (Å²) in [5.41, 5.74) is 3.46. The summed E-state index contributed by atoms with van der Waals surface area (Å²) in [7, 11) is -0.343. The van der Waals surface area contributed by atoms with E-state index in [9.17, 15) is 0 Å². The van der Waals surface area contributed by atoms with E-state index in [1.54, 1.807) is 0 Å². The van der Waals surface area contributed by atoms with E-state index in [4.69, 9.17) is 15.3 Å². The number of hydrogen-bond acceptors (Lipinski definition) is 4. The Kier molecular flexibility index (Phi) is 10.6. The van der Waals surface area contributed by atoms with Crippen molar-refractivity contribution in [1.29, 1.82) is 0 Å². The molecule has 0 heterocycles. The molecule has 0 radical (unpaired) electrons. The van der Waals surface area contributed by atoms with Gasteiger partial charge in [-0.05, 0) is 25.8 Å². The monoisotopic (exact) mass is 234 g/mol. The van der Waals surface area contributed by atoms with Crippen LogP contribution in [-0.4, -0.2) is 35.2 Å². The first-order valence-corrected chi connectivity index (χ1v) is 7.58. The molecule has 0 aliphatic rings. The molecular formula is C10H26N2O2Si. The van der Waals surface area contributed by atoms with Gasteiger partial charge in [-0.2, -0.15) is 0 Å². The first kappa shape index (κ1) is 15.1. The normalized spacial score (nSPS) is 14.2. The van der Waals surface area contributed by atoms with Crippen molar-refractivity contribution in [1.82, 2.24) is 5.43 Å². The summed E-state index contributed by atoms with van der Waals surface area (Å²) in [6.45, 7) is 8.62. The van der Waals surface area contributed by atoms with Crippen molar-refractivity contribution in [2.24, 2.45) is 5.84 Å². The molecule has 15 heavy (non-hydrogen) atoms. The molecule has 1 atom stereocenters. The minimum atomic E-state index is -0.343. The molecule has 3 N–H and O–H groups in total. The second-order valence-corrected chi connectivity index (χ2v) is 5.89. The number of nitrogens with one attached hydrogen (secondary N) is 1. The first-order valence-electron chi connectivity index (χ1n) is 5.95. The third-order valence-electron chi connectivity index (χ3n) is 2.51. The Bertz CT molecular complexity index is 133. The molecule has 92 valence electrons. The van der Waals surface area contributed by atoms with Gasteiger partial charge in [0.1, 0.15) is 5.91 Å². The zero-order chi connectivity index (χ0) is 11.5. The molecule has 0 saturated heterocycles. The summed E-state index contributed by atoms with van der Waals surface area (Å²) in [4.78, 5) is 0. The Labute approximate surface area is 95.7 Å². The first-order chi connectivity index (χ1) is 7.28. The van der Waals surface area contributed by atoms with Crippen LogP contribution in [0.15, 0.2) is 0 Å². The summed E-state index contributed by atoms with van der Waals surface area (Å²) in [5.74, 6) is 5.37. The molecule has 0 amide bonds. The molecule has 0 fully saturated rings. The van der Waals surface area contributed by atoms with Crippen molar-refractivity contribution < 1.29 is 9.47 Å². The third kappa shape index (κ3) is 7.93. The fourth-order valence-corrected chi connectivity index (χ4v) is 3.67. The summed E-state index contributed by atoms with van der Waals surface area (Å²) >= 11 is 0. The highest BCUT2D eigenvalue weighted by molar-refractivity contribution is 6.38. The summed E-state index contributed by atoms with van der Waals surface area (Å²) in [5, 5.41) is 0. The molecule has 0 aliphatic carbocycles. The molecule has 0 aliphatic heterocycles. The van der Waals surface area contributed by atoms with Gasteiger partial charge >= 0.3 is 0 Å². The fourth-order valence-electron chi connectivity index (χ4n) is 1.60. The molecule has 4 nitrogen and oxygen atoms in total. The van der Waals surface area contributed by atoms with Crippen molar-refractivity contribution in [3.8, 4) is 0 Å². The van der Waals surface area contributed by atoms with E-state index in [0.29, 0.717) is 0 Å². The molecule has 0 aromatic rings. The third-order valence-corrected chi connectivity index (χ3v) is 5.01. The number of hydrazine groups is 1. The highest BCUT2D eigenvalue weighted by atomic mass is 28.2. The van der Waals surface area contributed by atoms with E-state index >= 15 is 0 Å². The molecule has 0 bridgehead atoms. The van der Waals surface area contributed by atoms with Gasteiger partial charge in [-0.25, -0.2) is 0 Å². The van der Waals surface area contributed by atoms with E-state index in [1.165, 1.54) is 6.42 Å². The van der Waals surface area contributed by atoms with Crippen molar-refractivity contribution in [3.05, 3.63) is 0 Å². The number of nitrogens with two attached hydrogens (primary N) is 1. The van der Waals surface area contributed by atoms with Crippen LogP contribution < -0.4 is 11.3 Å². The van der Waals surface area contributed by atoms with Crippen LogP contribution in [0.3, 0.4) is 0 Å². The van der Waals surface area contributed by atoms with Gasteiger partial charge in [0.2, 0.25) is 0 Å². The lowest BCUT2D eigenvalue weighted by Gasteiger charge is -2.21. The number of rotatable bonds is 10. The average Bonchev–Trinajstić information content (AvgIpc) is 2.24. The predicted octanol–water partition coefficient (Wildman–Crippen LogP) is 0.564. The van der Waals surface area contributed by atoms with Crippen molar-refractivity contribution in [2.45, 2.75) is 45.1 Å². The van der Waals surface area contributed by atoms with E-state index in [2.05, 4.69) is 12.3 Å². The van der Waals surface area contributed by atoms with Gasteiger partial charge in [0.25, 0.3) is 0 Å². The SMILES string of the molecule is CCOC(OCC)[SiH2]C(CC)CCNN. The van der Waals surface area contributed by atoms with Crippen molar-refractivity contribution in [2.75, 3.05) is 19.8 Å². The predicted molar refractivity (Wildman–Crippen MR) is 66.4 cm³/mol. The Hall–Kier alpha value is 0.0569. The van der Waals surface area contributed by atoms with Crippen LogP contribution in [0.4, 0.5) is 0 Å². The van der Waals surface area contributed by atoms with Crippen LogP contribution >= 0.6 is 0 Å². The minimum absolute atomic E-state index is 0.0859. The van der Waals surface area contributed by atoms with Crippen LogP contribution in [0.2, 0.25) is 5.54 Å². The van der Waals surface area contributed by atoms with Crippen molar-refractivity contribution >= 4 is 9.52 Å². The van der Waals surface area contributed by atoms with E-state index in [1.807, 2.05) is 13.8 Å².